The summed E-state index contributed by atoms with van der Waals surface area (Å²) in [5.74, 6) is 4.46. The molecular weight excluding hydrogens is 208 g/mol. The van der Waals surface area contributed by atoms with Crippen molar-refractivity contribution in [2.75, 3.05) is 18.6 Å². The van der Waals surface area contributed by atoms with Gasteiger partial charge in [-0.1, -0.05) is 6.07 Å². The number of ether oxygens (including phenoxy) is 2. The molecule has 5 heteroatoms. The number of hydrazine groups is 1. The minimum absolute atomic E-state index is 0.171. The largest absolute Gasteiger partial charge is 0.344 e. The number of nitrogens with two attached hydrogens (primary N) is 1. The van der Waals surface area contributed by atoms with Gasteiger partial charge in [0.05, 0.1) is 18.9 Å². The first-order valence-electron chi connectivity index (χ1n) is 5.05. The highest BCUT2D eigenvalue weighted by atomic mass is 16.7. The number of nitrogens with one attached hydrogen (secondary N) is 1. The third kappa shape index (κ3) is 1.92. The van der Waals surface area contributed by atoms with E-state index >= 15 is 0 Å². The van der Waals surface area contributed by atoms with Crippen LogP contribution in [0.1, 0.15) is 12.5 Å². The minimum atomic E-state index is -0.767. The van der Waals surface area contributed by atoms with Crippen LogP contribution in [-0.2, 0) is 15.3 Å². The summed E-state index contributed by atoms with van der Waals surface area (Å²) in [5, 5.41) is 0. The Morgan fingerprint density at radius 1 is 1.25 bits per heavy atom. The fourth-order valence-electron chi connectivity index (χ4n) is 1.67. The number of rotatable bonds is 2. The Kier molecular flexibility index (Phi) is 2.91. The predicted octanol–water partition coefficient (Wildman–Crippen LogP) is 0.552. The van der Waals surface area contributed by atoms with Crippen molar-refractivity contribution in [3.63, 3.8) is 0 Å². The Morgan fingerprint density at radius 3 is 2.50 bits per heavy atom. The molecule has 0 spiro atoms. The molecule has 1 aromatic rings. The van der Waals surface area contributed by atoms with Gasteiger partial charge < -0.3 is 14.9 Å². The van der Waals surface area contributed by atoms with Crippen molar-refractivity contribution < 1.29 is 9.47 Å². The molecule has 1 aromatic carbocycles. The number of anilines is 1. The van der Waals surface area contributed by atoms with E-state index in [1.165, 1.54) is 6.07 Å². The van der Waals surface area contributed by atoms with Gasteiger partial charge in [-0.25, -0.2) is 0 Å². The van der Waals surface area contributed by atoms with Crippen molar-refractivity contribution in [2.24, 2.45) is 5.84 Å². The van der Waals surface area contributed by atoms with Gasteiger partial charge in [-0.3, -0.25) is 10.6 Å². The molecular formula is C11H14N2O3. The third-order valence-corrected chi connectivity index (χ3v) is 2.63. The zero-order valence-electron chi connectivity index (χ0n) is 9.03. The van der Waals surface area contributed by atoms with E-state index in [0.717, 1.165) is 5.56 Å². The summed E-state index contributed by atoms with van der Waals surface area (Å²) in [5.41, 5.74) is 3.32. The molecule has 3 N–H and O–H groups in total. The van der Waals surface area contributed by atoms with Crippen molar-refractivity contribution in [3.8, 4) is 0 Å². The van der Waals surface area contributed by atoms with Gasteiger partial charge in [-0.2, -0.15) is 0 Å². The lowest BCUT2D eigenvalue weighted by molar-refractivity contribution is -0.149. The summed E-state index contributed by atoms with van der Waals surface area (Å²) >= 11 is 0. The average molecular weight is 222 g/mol. The molecule has 0 unspecified atom stereocenters. The molecule has 1 heterocycles. The van der Waals surface area contributed by atoms with E-state index < -0.39 is 5.79 Å². The molecule has 1 aliphatic rings. The third-order valence-electron chi connectivity index (χ3n) is 2.63. The van der Waals surface area contributed by atoms with Crippen LogP contribution in [0.5, 0.6) is 0 Å². The Balaban J connectivity index is 2.44. The molecule has 0 atom stereocenters. The SMILES string of the molecule is CC1(c2ccc(NN)c(=O)cc2)OCCO1. The molecule has 1 fully saturated rings. The number of nitrogen functional groups attached to an aromatic ring is 1. The molecule has 1 aliphatic heterocycles. The quantitative estimate of drug-likeness (QED) is 0.564. The normalized spacial score (nSPS) is 18.4. The first-order valence-corrected chi connectivity index (χ1v) is 5.05. The Morgan fingerprint density at radius 2 is 1.88 bits per heavy atom. The first kappa shape index (κ1) is 11.1. The number of hydrogen-bond acceptors (Lipinski definition) is 5. The minimum Gasteiger partial charge on any atom is -0.344 e. The van der Waals surface area contributed by atoms with Crippen LogP contribution < -0.4 is 16.7 Å². The van der Waals surface area contributed by atoms with E-state index in [4.69, 9.17) is 15.3 Å². The zero-order chi connectivity index (χ0) is 11.6. The topological polar surface area (TPSA) is 73.6 Å². The molecule has 0 bridgehead atoms. The van der Waals surface area contributed by atoms with Gasteiger partial charge in [0.1, 0.15) is 0 Å². The van der Waals surface area contributed by atoms with Crippen LogP contribution in [-0.4, -0.2) is 13.2 Å². The second-order valence-electron chi connectivity index (χ2n) is 3.69. The number of hydrogen-bond donors (Lipinski definition) is 2. The molecule has 16 heavy (non-hydrogen) atoms. The van der Waals surface area contributed by atoms with E-state index in [-0.39, 0.29) is 5.43 Å². The van der Waals surface area contributed by atoms with Crippen LogP contribution in [0.25, 0.3) is 0 Å². The van der Waals surface area contributed by atoms with Gasteiger partial charge >= 0.3 is 0 Å². The van der Waals surface area contributed by atoms with E-state index in [1.54, 1.807) is 18.2 Å². The van der Waals surface area contributed by atoms with Crippen molar-refractivity contribution in [2.45, 2.75) is 12.7 Å². The summed E-state index contributed by atoms with van der Waals surface area (Å²) in [7, 11) is 0. The maximum absolute atomic E-state index is 11.5. The lowest BCUT2D eigenvalue weighted by Gasteiger charge is -2.21. The standard InChI is InChI=1S/C11H14N2O3/c1-11(15-6-7-16-11)8-2-4-9(13-12)10(14)5-3-8/h2-5H,6-7,12H2,1H3,(H,13,14). The predicted molar refractivity (Wildman–Crippen MR) is 59.8 cm³/mol. The Hall–Kier alpha value is -1.43. The van der Waals surface area contributed by atoms with Crippen molar-refractivity contribution in [1.29, 1.82) is 0 Å². The molecule has 86 valence electrons. The molecule has 1 saturated heterocycles. The molecule has 0 amide bonds. The second-order valence-corrected chi connectivity index (χ2v) is 3.69. The van der Waals surface area contributed by atoms with Crippen molar-refractivity contribution >= 4 is 5.69 Å². The van der Waals surface area contributed by atoms with Crippen LogP contribution in [0.3, 0.4) is 0 Å². The van der Waals surface area contributed by atoms with Crippen LogP contribution in [0, 0.1) is 0 Å². The average Bonchev–Trinajstić information content (AvgIpc) is 2.61. The Bertz CT molecular complexity index is 442. The second kappa shape index (κ2) is 4.21. The van der Waals surface area contributed by atoms with Gasteiger partial charge in [-0.15, -0.1) is 0 Å². The molecule has 5 nitrogen and oxygen atoms in total. The van der Waals surface area contributed by atoms with Crippen LogP contribution in [0.2, 0.25) is 0 Å². The summed E-state index contributed by atoms with van der Waals surface area (Å²) in [6, 6.07) is 6.52. The van der Waals surface area contributed by atoms with Gasteiger partial charge in [-0.05, 0) is 25.1 Å². The van der Waals surface area contributed by atoms with Crippen molar-refractivity contribution in [3.05, 3.63) is 40.1 Å². The molecule has 0 aromatic heterocycles. The summed E-state index contributed by atoms with van der Waals surface area (Å²) < 4.78 is 11.0. The van der Waals surface area contributed by atoms with Crippen LogP contribution >= 0.6 is 0 Å². The van der Waals surface area contributed by atoms with Crippen LogP contribution in [0.4, 0.5) is 5.69 Å². The van der Waals surface area contributed by atoms with E-state index in [0.29, 0.717) is 18.9 Å². The van der Waals surface area contributed by atoms with Gasteiger partial charge in [0, 0.05) is 5.56 Å². The van der Waals surface area contributed by atoms with Crippen molar-refractivity contribution in [1.82, 2.24) is 0 Å². The highest BCUT2D eigenvalue weighted by Crippen LogP contribution is 2.29. The van der Waals surface area contributed by atoms with Crippen LogP contribution in [0.15, 0.2) is 29.1 Å². The molecule has 0 aliphatic carbocycles. The molecule has 0 radical (unpaired) electrons. The van der Waals surface area contributed by atoms with E-state index in [9.17, 15) is 4.79 Å². The molecule has 0 saturated carbocycles. The van der Waals surface area contributed by atoms with E-state index in [2.05, 4.69) is 5.43 Å². The van der Waals surface area contributed by atoms with E-state index in [1.807, 2.05) is 6.92 Å². The Labute approximate surface area is 93.1 Å². The lowest BCUT2D eigenvalue weighted by Crippen LogP contribution is -2.21. The van der Waals surface area contributed by atoms with Gasteiger partial charge in [0.15, 0.2) is 5.79 Å². The van der Waals surface area contributed by atoms with Gasteiger partial charge in [0.25, 0.3) is 0 Å². The smallest absolute Gasteiger partial charge is 0.202 e. The summed E-state index contributed by atoms with van der Waals surface area (Å²) in [4.78, 5) is 11.5. The fraction of sp³-hybridized carbons (Fsp3) is 0.364. The lowest BCUT2D eigenvalue weighted by atomic mass is 10.1. The summed E-state index contributed by atoms with van der Waals surface area (Å²) in [6.45, 7) is 2.94. The zero-order valence-corrected chi connectivity index (χ0v) is 9.03. The maximum atomic E-state index is 11.5. The maximum Gasteiger partial charge on any atom is 0.202 e. The highest BCUT2D eigenvalue weighted by molar-refractivity contribution is 5.42. The fourth-order valence-corrected chi connectivity index (χ4v) is 1.67. The highest BCUT2D eigenvalue weighted by Gasteiger charge is 2.32. The summed E-state index contributed by atoms with van der Waals surface area (Å²) in [6.07, 6.45) is 0. The first-order chi connectivity index (χ1) is 7.65. The monoisotopic (exact) mass is 222 g/mol. The van der Waals surface area contributed by atoms with Gasteiger partial charge in [0.2, 0.25) is 5.43 Å². The molecule has 2 rings (SSSR count).